The van der Waals surface area contributed by atoms with Crippen LogP contribution in [0.2, 0.25) is 0 Å². The quantitative estimate of drug-likeness (QED) is 0.933. The molecular weight excluding hydrogens is 330 g/mol. The number of nitrogens with zero attached hydrogens (tertiary/aromatic N) is 3. The van der Waals surface area contributed by atoms with Crippen molar-refractivity contribution in [3.63, 3.8) is 0 Å². The Morgan fingerprint density at radius 2 is 2.39 bits per heavy atom. The maximum absolute atomic E-state index is 12.1. The molecule has 1 amide bonds. The average molecular weight is 337 g/mol. The van der Waals surface area contributed by atoms with Crippen LogP contribution in [-0.4, -0.2) is 27.1 Å². The average Bonchev–Trinajstić information content (AvgIpc) is 2.87. The maximum Gasteiger partial charge on any atom is 0.269 e. The van der Waals surface area contributed by atoms with Crippen LogP contribution in [0.1, 0.15) is 9.67 Å². The molecule has 2 rings (SSSR count). The molecule has 0 radical (unpaired) electrons. The van der Waals surface area contributed by atoms with Crippen LogP contribution >= 0.6 is 27.3 Å². The van der Waals surface area contributed by atoms with Crippen molar-refractivity contribution in [1.29, 1.82) is 0 Å². The Balaban J connectivity index is 2.04. The van der Waals surface area contributed by atoms with E-state index in [2.05, 4.69) is 31.3 Å². The van der Waals surface area contributed by atoms with E-state index in [-0.39, 0.29) is 11.7 Å². The first kappa shape index (κ1) is 13.1. The summed E-state index contributed by atoms with van der Waals surface area (Å²) in [4.78, 5) is 16.0. The van der Waals surface area contributed by atoms with Crippen LogP contribution in [0, 0.1) is 0 Å². The molecule has 0 aliphatic rings. The molecule has 0 aliphatic heterocycles. The first-order valence-corrected chi connectivity index (χ1v) is 6.45. The lowest BCUT2D eigenvalue weighted by atomic mass is 10.5. The van der Waals surface area contributed by atoms with Crippen molar-refractivity contribution in [1.82, 2.24) is 14.8 Å². The summed E-state index contributed by atoms with van der Waals surface area (Å²) >= 11 is 4.30. The number of aromatic nitrogens is 3. The molecule has 0 spiro atoms. The van der Waals surface area contributed by atoms with Crippen molar-refractivity contribution >= 4 is 39.0 Å². The van der Waals surface area contributed by atoms with E-state index in [1.54, 1.807) is 0 Å². The third-order valence-corrected chi connectivity index (χ3v) is 3.63. The summed E-state index contributed by atoms with van der Waals surface area (Å²) in [6.07, 6.45) is -1.10. The monoisotopic (exact) mass is 336 g/mol. The summed E-state index contributed by atoms with van der Waals surface area (Å²) in [6, 6.07) is 1.45. The third-order valence-electron chi connectivity index (χ3n) is 1.94. The van der Waals surface area contributed by atoms with Gasteiger partial charge in [-0.1, -0.05) is 0 Å². The highest BCUT2D eigenvalue weighted by Gasteiger charge is 2.14. The Kier molecular flexibility index (Phi) is 4.02. The Bertz CT molecular complexity index is 556. The fraction of sp³-hybridized carbons (Fsp3) is 0.222. The third kappa shape index (κ3) is 3.10. The fourth-order valence-corrected chi connectivity index (χ4v) is 2.49. The SMILES string of the molecule is O=C(Nc1ccn(CC(F)F)n1)c1scnc1Br. The molecule has 2 aromatic heterocycles. The van der Waals surface area contributed by atoms with E-state index in [0.29, 0.717) is 9.48 Å². The van der Waals surface area contributed by atoms with E-state index in [9.17, 15) is 13.6 Å². The van der Waals surface area contributed by atoms with Crippen LogP contribution in [0.5, 0.6) is 0 Å². The van der Waals surface area contributed by atoms with Crippen molar-refractivity contribution in [3.8, 4) is 0 Å². The van der Waals surface area contributed by atoms with Gasteiger partial charge in [-0.05, 0) is 15.9 Å². The highest BCUT2D eigenvalue weighted by molar-refractivity contribution is 9.10. The van der Waals surface area contributed by atoms with Gasteiger partial charge in [0.05, 0.1) is 5.51 Å². The zero-order chi connectivity index (χ0) is 13.1. The van der Waals surface area contributed by atoms with Crippen molar-refractivity contribution < 1.29 is 13.6 Å². The second-order valence-corrected chi connectivity index (χ2v) is 4.85. The molecule has 9 heteroatoms. The molecule has 0 saturated carbocycles. The largest absolute Gasteiger partial charge is 0.304 e. The van der Waals surface area contributed by atoms with Crippen LogP contribution in [0.25, 0.3) is 0 Å². The normalized spacial score (nSPS) is 10.9. The van der Waals surface area contributed by atoms with Gasteiger partial charge in [-0.15, -0.1) is 11.3 Å². The molecule has 0 aromatic carbocycles. The standard InChI is InChI=1S/C9H7BrF2N4OS/c10-8-7(18-4-13-8)9(17)14-6-1-2-16(15-6)3-5(11)12/h1-2,4-5H,3H2,(H,14,15,17). The molecule has 5 nitrogen and oxygen atoms in total. The van der Waals surface area contributed by atoms with Crippen LogP contribution in [0.4, 0.5) is 14.6 Å². The predicted molar refractivity (Wildman–Crippen MR) is 66.0 cm³/mol. The number of alkyl halides is 2. The van der Waals surface area contributed by atoms with Crippen LogP contribution in [0.3, 0.4) is 0 Å². The minimum Gasteiger partial charge on any atom is -0.304 e. The zero-order valence-electron chi connectivity index (χ0n) is 8.81. The van der Waals surface area contributed by atoms with Gasteiger partial charge in [0.1, 0.15) is 16.0 Å². The molecule has 0 aliphatic carbocycles. The molecule has 0 bridgehead atoms. The smallest absolute Gasteiger partial charge is 0.269 e. The topological polar surface area (TPSA) is 59.8 Å². The highest BCUT2D eigenvalue weighted by Crippen LogP contribution is 2.20. The van der Waals surface area contributed by atoms with Gasteiger partial charge in [0.15, 0.2) is 5.82 Å². The number of hydrogen-bond donors (Lipinski definition) is 1. The molecule has 2 aromatic rings. The minimum absolute atomic E-state index is 0.223. The van der Waals surface area contributed by atoms with Gasteiger partial charge in [0.2, 0.25) is 0 Å². The number of halogens is 3. The second-order valence-electron chi connectivity index (χ2n) is 3.24. The first-order valence-electron chi connectivity index (χ1n) is 4.78. The van der Waals surface area contributed by atoms with Gasteiger partial charge < -0.3 is 5.32 Å². The fourth-order valence-electron chi connectivity index (χ4n) is 1.22. The predicted octanol–water partition coefficient (Wildman–Crippen LogP) is 2.62. The number of anilines is 1. The van der Waals surface area contributed by atoms with Gasteiger partial charge in [0.25, 0.3) is 12.3 Å². The van der Waals surface area contributed by atoms with Crippen LogP contribution in [-0.2, 0) is 6.54 Å². The Hall–Kier alpha value is -1.35. The molecule has 0 fully saturated rings. The summed E-state index contributed by atoms with van der Waals surface area (Å²) in [5.41, 5.74) is 1.52. The number of hydrogen-bond acceptors (Lipinski definition) is 4. The van der Waals surface area contributed by atoms with E-state index in [1.807, 2.05) is 0 Å². The number of carbonyl (C=O) groups is 1. The van der Waals surface area contributed by atoms with E-state index in [4.69, 9.17) is 0 Å². The lowest BCUT2D eigenvalue weighted by molar-refractivity contribution is 0.102. The number of carbonyl (C=O) groups excluding carboxylic acids is 1. The lowest BCUT2D eigenvalue weighted by Crippen LogP contribution is -2.12. The zero-order valence-corrected chi connectivity index (χ0v) is 11.2. The van der Waals surface area contributed by atoms with Crippen molar-refractivity contribution in [2.75, 3.05) is 5.32 Å². The first-order chi connectivity index (χ1) is 8.56. The number of thiazole rings is 1. The number of rotatable bonds is 4. The molecule has 2 heterocycles. The van der Waals surface area contributed by atoms with Gasteiger partial charge in [-0.25, -0.2) is 13.8 Å². The van der Waals surface area contributed by atoms with Crippen molar-refractivity contribution in [3.05, 3.63) is 27.3 Å². The Morgan fingerprint density at radius 1 is 1.61 bits per heavy atom. The summed E-state index contributed by atoms with van der Waals surface area (Å²) in [5.74, 6) is -0.160. The Labute approximate surface area is 113 Å². The summed E-state index contributed by atoms with van der Waals surface area (Å²) in [5, 5.41) is 6.31. The highest BCUT2D eigenvalue weighted by atomic mass is 79.9. The molecule has 0 unspecified atom stereocenters. The maximum atomic E-state index is 12.1. The molecular formula is C9H7BrF2N4OS. The van der Waals surface area contributed by atoms with Gasteiger partial charge in [-0.2, -0.15) is 5.10 Å². The lowest BCUT2D eigenvalue weighted by Gasteiger charge is -2.00. The van der Waals surface area contributed by atoms with E-state index >= 15 is 0 Å². The second kappa shape index (κ2) is 5.53. The summed E-state index contributed by atoms with van der Waals surface area (Å²) in [7, 11) is 0. The molecule has 0 saturated heterocycles. The Morgan fingerprint density at radius 3 is 3.00 bits per heavy atom. The molecule has 18 heavy (non-hydrogen) atoms. The molecule has 0 atom stereocenters. The number of amides is 1. The van der Waals surface area contributed by atoms with E-state index in [0.717, 1.165) is 4.68 Å². The summed E-state index contributed by atoms with van der Waals surface area (Å²) in [6.45, 7) is -0.500. The summed E-state index contributed by atoms with van der Waals surface area (Å²) < 4.78 is 25.7. The van der Waals surface area contributed by atoms with E-state index < -0.39 is 13.0 Å². The van der Waals surface area contributed by atoms with Gasteiger partial charge >= 0.3 is 0 Å². The van der Waals surface area contributed by atoms with Crippen LogP contribution in [0.15, 0.2) is 22.4 Å². The molecule has 96 valence electrons. The van der Waals surface area contributed by atoms with Crippen molar-refractivity contribution in [2.24, 2.45) is 0 Å². The van der Waals surface area contributed by atoms with Crippen molar-refractivity contribution in [2.45, 2.75) is 13.0 Å². The van der Waals surface area contributed by atoms with E-state index in [1.165, 1.54) is 29.1 Å². The molecule has 1 N–H and O–H groups in total. The minimum atomic E-state index is -2.48. The van der Waals surface area contributed by atoms with Crippen LogP contribution < -0.4 is 5.32 Å². The van der Waals surface area contributed by atoms with Gasteiger partial charge in [0, 0.05) is 12.3 Å². The number of nitrogens with one attached hydrogen (secondary N) is 1. The van der Waals surface area contributed by atoms with Gasteiger partial charge in [-0.3, -0.25) is 9.48 Å².